The van der Waals surface area contributed by atoms with Crippen molar-refractivity contribution in [3.05, 3.63) is 29.1 Å². The SMILES string of the molecule is NCc1nc(-c2cc(Cl)ccc2N2CCCCC2)no1. The van der Waals surface area contributed by atoms with E-state index in [1.807, 2.05) is 18.2 Å². The van der Waals surface area contributed by atoms with E-state index < -0.39 is 0 Å². The van der Waals surface area contributed by atoms with Gasteiger partial charge in [-0.2, -0.15) is 4.98 Å². The van der Waals surface area contributed by atoms with Crippen LogP contribution in [0.2, 0.25) is 5.02 Å². The second-order valence-electron chi connectivity index (χ2n) is 4.93. The van der Waals surface area contributed by atoms with Crippen LogP contribution in [-0.4, -0.2) is 23.2 Å². The lowest BCUT2D eigenvalue weighted by atomic mass is 10.1. The van der Waals surface area contributed by atoms with Crippen molar-refractivity contribution in [1.82, 2.24) is 10.1 Å². The molecule has 3 rings (SSSR count). The van der Waals surface area contributed by atoms with Gasteiger partial charge in [-0.1, -0.05) is 16.8 Å². The third kappa shape index (κ3) is 2.64. The van der Waals surface area contributed by atoms with Crippen molar-refractivity contribution in [1.29, 1.82) is 0 Å². The zero-order valence-electron chi connectivity index (χ0n) is 11.2. The van der Waals surface area contributed by atoms with E-state index >= 15 is 0 Å². The average molecular weight is 293 g/mol. The first-order valence-corrected chi connectivity index (χ1v) is 7.23. The Morgan fingerprint density at radius 1 is 1.25 bits per heavy atom. The van der Waals surface area contributed by atoms with Crippen molar-refractivity contribution in [3.8, 4) is 11.4 Å². The Labute approximate surface area is 122 Å². The summed E-state index contributed by atoms with van der Waals surface area (Å²) >= 11 is 6.12. The van der Waals surface area contributed by atoms with E-state index in [0.29, 0.717) is 16.7 Å². The minimum Gasteiger partial charge on any atom is -0.371 e. The van der Waals surface area contributed by atoms with Crippen LogP contribution in [0.3, 0.4) is 0 Å². The largest absolute Gasteiger partial charge is 0.371 e. The van der Waals surface area contributed by atoms with Gasteiger partial charge in [-0.15, -0.1) is 0 Å². The number of anilines is 1. The van der Waals surface area contributed by atoms with Gasteiger partial charge in [0.05, 0.1) is 6.54 Å². The second kappa shape index (κ2) is 5.81. The van der Waals surface area contributed by atoms with Gasteiger partial charge in [0.25, 0.3) is 0 Å². The van der Waals surface area contributed by atoms with Gasteiger partial charge >= 0.3 is 0 Å². The third-order valence-electron chi connectivity index (χ3n) is 3.54. The molecule has 1 saturated heterocycles. The van der Waals surface area contributed by atoms with Crippen LogP contribution in [0.1, 0.15) is 25.2 Å². The highest BCUT2D eigenvalue weighted by Crippen LogP contribution is 2.33. The van der Waals surface area contributed by atoms with Crippen LogP contribution in [0.4, 0.5) is 5.69 Å². The van der Waals surface area contributed by atoms with Gasteiger partial charge in [0.2, 0.25) is 11.7 Å². The number of benzene rings is 1. The Morgan fingerprint density at radius 2 is 2.05 bits per heavy atom. The van der Waals surface area contributed by atoms with E-state index in [4.69, 9.17) is 21.9 Å². The molecular weight excluding hydrogens is 276 g/mol. The average Bonchev–Trinajstić information content (AvgIpc) is 2.97. The fraction of sp³-hybridized carbons (Fsp3) is 0.429. The summed E-state index contributed by atoms with van der Waals surface area (Å²) < 4.78 is 5.10. The van der Waals surface area contributed by atoms with Crippen molar-refractivity contribution in [2.75, 3.05) is 18.0 Å². The molecule has 0 aliphatic carbocycles. The summed E-state index contributed by atoms with van der Waals surface area (Å²) in [6.07, 6.45) is 3.71. The molecular formula is C14H17ClN4O. The highest BCUT2D eigenvalue weighted by molar-refractivity contribution is 6.31. The van der Waals surface area contributed by atoms with Crippen LogP contribution < -0.4 is 10.6 Å². The molecule has 1 aliphatic heterocycles. The molecule has 2 aromatic rings. The lowest BCUT2D eigenvalue weighted by Gasteiger charge is -2.30. The first-order chi connectivity index (χ1) is 9.78. The maximum Gasteiger partial charge on any atom is 0.240 e. The predicted molar refractivity (Wildman–Crippen MR) is 78.7 cm³/mol. The number of piperidine rings is 1. The number of hydrogen-bond acceptors (Lipinski definition) is 5. The molecule has 1 aromatic carbocycles. The highest BCUT2D eigenvalue weighted by Gasteiger charge is 2.18. The molecule has 1 fully saturated rings. The van der Waals surface area contributed by atoms with E-state index in [2.05, 4.69) is 15.0 Å². The van der Waals surface area contributed by atoms with Crippen LogP contribution >= 0.6 is 11.6 Å². The summed E-state index contributed by atoms with van der Waals surface area (Å²) in [5, 5.41) is 4.67. The Bertz CT molecular complexity index is 593. The third-order valence-corrected chi connectivity index (χ3v) is 3.77. The molecule has 2 N–H and O–H groups in total. The van der Waals surface area contributed by atoms with Crippen molar-refractivity contribution in [2.45, 2.75) is 25.8 Å². The zero-order chi connectivity index (χ0) is 13.9. The molecule has 0 radical (unpaired) electrons. The maximum atomic E-state index is 6.12. The molecule has 6 heteroatoms. The van der Waals surface area contributed by atoms with Gasteiger partial charge in [-0.25, -0.2) is 0 Å². The molecule has 0 bridgehead atoms. The van der Waals surface area contributed by atoms with Crippen molar-refractivity contribution < 1.29 is 4.52 Å². The highest BCUT2D eigenvalue weighted by atomic mass is 35.5. The van der Waals surface area contributed by atoms with E-state index in [1.165, 1.54) is 19.3 Å². The van der Waals surface area contributed by atoms with Gasteiger partial charge in [-0.3, -0.25) is 0 Å². The van der Waals surface area contributed by atoms with Gasteiger partial charge in [0.15, 0.2) is 0 Å². The number of nitrogens with zero attached hydrogens (tertiary/aromatic N) is 3. The maximum absolute atomic E-state index is 6.12. The van der Waals surface area contributed by atoms with Gasteiger partial charge in [0.1, 0.15) is 0 Å². The van der Waals surface area contributed by atoms with Gasteiger partial charge in [0, 0.05) is 29.4 Å². The fourth-order valence-electron chi connectivity index (χ4n) is 2.55. The minimum absolute atomic E-state index is 0.243. The summed E-state index contributed by atoms with van der Waals surface area (Å²) in [6, 6.07) is 5.82. The molecule has 2 heterocycles. The van der Waals surface area contributed by atoms with E-state index in [9.17, 15) is 0 Å². The lowest BCUT2D eigenvalue weighted by Crippen LogP contribution is -2.29. The molecule has 1 aromatic heterocycles. The van der Waals surface area contributed by atoms with Gasteiger partial charge in [-0.05, 0) is 37.5 Å². The van der Waals surface area contributed by atoms with E-state index in [1.54, 1.807) is 0 Å². The smallest absolute Gasteiger partial charge is 0.240 e. The molecule has 1 aliphatic rings. The molecule has 0 amide bonds. The molecule has 20 heavy (non-hydrogen) atoms. The normalized spacial score (nSPS) is 15.6. The Kier molecular flexibility index (Phi) is 3.89. The van der Waals surface area contributed by atoms with Crippen LogP contribution in [0, 0.1) is 0 Å². The summed E-state index contributed by atoms with van der Waals surface area (Å²) in [5.41, 5.74) is 7.53. The van der Waals surface area contributed by atoms with Gasteiger partial charge < -0.3 is 15.2 Å². The standard InChI is InChI=1S/C14H17ClN4O/c15-10-4-5-12(19-6-2-1-3-7-19)11(8-10)14-17-13(9-16)20-18-14/h4-5,8H,1-3,6-7,9,16H2. The van der Waals surface area contributed by atoms with Crippen molar-refractivity contribution in [2.24, 2.45) is 5.73 Å². The van der Waals surface area contributed by atoms with Crippen LogP contribution in [0.25, 0.3) is 11.4 Å². The molecule has 0 spiro atoms. The van der Waals surface area contributed by atoms with E-state index in [-0.39, 0.29) is 6.54 Å². The number of nitrogens with two attached hydrogens (primary N) is 1. The molecule has 0 unspecified atom stereocenters. The Morgan fingerprint density at radius 3 is 2.75 bits per heavy atom. The summed E-state index contributed by atoms with van der Waals surface area (Å²) in [7, 11) is 0. The number of rotatable bonds is 3. The summed E-state index contributed by atoms with van der Waals surface area (Å²) in [4.78, 5) is 6.66. The zero-order valence-corrected chi connectivity index (χ0v) is 11.9. The molecule has 0 atom stereocenters. The number of hydrogen-bond donors (Lipinski definition) is 1. The summed E-state index contributed by atoms with van der Waals surface area (Å²) in [6.45, 7) is 2.35. The minimum atomic E-state index is 0.243. The topological polar surface area (TPSA) is 68.2 Å². The number of aromatic nitrogens is 2. The first kappa shape index (κ1) is 13.4. The Hall–Kier alpha value is -1.59. The Balaban J connectivity index is 2.01. The monoisotopic (exact) mass is 292 g/mol. The van der Waals surface area contributed by atoms with Crippen molar-refractivity contribution >= 4 is 17.3 Å². The molecule has 0 saturated carbocycles. The molecule has 5 nitrogen and oxygen atoms in total. The molecule has 106 valence electrons. The predicted octanol–water partition coefficient (Wildman–Crippen LogP) is 2.84. The van der Waals surface area contributed by atoms with Crippen LogP contribution in [0.15, 0.2) is 22.7 Å². The quantitative estimate of drug-likeness (QED) is 0.942. The fourth-order valence-corrected chi connectivity index (χ4v) is 2.72. The first-order valence-electron chi connectivity index (χ1n) is 6.85. The number of halogens is 1. The van der Waals surface area contributed by atoms with E-state index in [0.717, 1.165) is 24.3 Å². The lowest BCUT2D eigenvalue weighted by molar-refractivity contribution is 0.380. The van der Waals surface area contributed by atoms with Crippen molar-refractivity contribution in [3.63, 3.8) is 0 Å². The van der Waals surface area contributed by atoms with Crippen LogP contribution in [0.5, 0.6) is 0 Å². The summed E-state index contributed by atoms with van der Waals surface area (Å²) in [5.74, 6) is 0.984. The second-order valence-corrected chi connectivity index (χ2v) is 5.36. The van der Waals surface area contributed by atoms with Crippen LogP contribution in [-0.2, 0) is 6.54 Å².